The highest BCUT2D eigenvalue weighted by atomic mass is 35.5. The minimum absolute atomic E-state index is 0.258. The predicted molar refractivity (Wildman–Crippen MR) is 111 cm³/mol. The molecule has 0 atom stereocenters. The quantitative estimate of drug-likeness (QED) is 0.579. The fourth-order valence-corrected chi connectivity index (χ4v) is 2.56. The van der Waals surface area contributed by atoms with E-state index in [0.717, 1.165) is 22.4 Å². The molecule has 2 aromatic carbocycles. The number of ether oxygens (including phenoxy) is 1. The molecule has 1 aromatic heterocycles. The largest absolute Gasteiger partial charge is 0.489 e. The summed E-state index contributed by atoms with van der Waals surface area (Å²) in [5.41, 5.74) is 9.23. The Morgan fingerprint density at radius 1 is 1.11 bits per heavy atom. The Balaban J connectivity index is 1.52. The second-order valence-corrected chi connectivity index (χ2v) is 6.60. The van der Waals surface area contributed by atoms with E-state index in [1.54, 1.807) is 30.6 Å². The molecule has 0 aliphatic rings. The van der Waals surface area contributed by atoms with Crippen LogP contribution in [-0.4, -0.2) is 10.9 Å². The Morgan fingerprint density at radius 3 is 2.57 bits per heavy atom. The van der Waals surface area contributed by atoms with Crippen LogP contribution in [0.15, 0.2) is 73.6 Å². The lowest BCUT2D eigenvalue weighted by Gasteiger charge is -2.11. The third kappa shape index (κ3) is 5.11. The number of carbonyl (C=O) groups is 1. The second-order valence-electron chi connectivity index (χ2n) is 6.20. The number of rotatable bonds is 7. The molecule has 0 bridgehead atoms. The van der Waals surface area contributed by atoms with Crippen molar-refractivity contribution in [3.05, 3.63) is 101 Å². The van der Waals surface area contributed by atoms with Crippen LogP contribution in [0.4, 0.5) is 0 Å². The molecule has 1 amide bonds. The molecule has 0 aliphatic carbocycles. The smallest absolute Gasteiger partial charge is 0.269 e. The molecule has 0 fully saturated rings. The molecule has 2 N–H and O–H groups in total. The van der Waals surface area contributed by atoms with E-state index in [-0.39, 0.29) is 5.91 Å². The SMILES string of the molecule is C=C(NNC(=O)c1ccc(COc2ccc(Cl)c(C)c2)cc1)c1cccnc1. The highest BCUT2D eigenvalue weighted by Crippen LogP contribution is 2.21. The summed E-state index contributed by atoms with van der Waals surface area (Å²) in [4.78, 5) is 16.3. The summed E-state index contributed by atoms with van der Waals surface area (Å²) in [5, 5.41) is 0.711. The summed E-state index contributed by atoms with van der Waals surface area (Å²) < 4.78 is 5.77. The highest BCUT2D eigenvalue weighted by Gasteiger charge is 2.07. The van der Waals surface area contributed by atoms with Crippen LogP contribution in [0.3, 0.4) is 0 Å². The molecule has 3 rings (SSSR count). The zero-order valence-electron chi connectivity index (χ0n) is 15.4. The van der Waals surface area contributed by atoms with Gasteiger partial charge in [0.25, 0.3) is 5.91 Å². The molecule has 6 heteroatoms. The van der Waals surface area contributed by atoms with Crippen molar-refractivity contribution in [1.82, 2.24) is 15.8 Å². The molecular weight excluding hydrogens is 374 g/mol. The van der Waals surface area contributed by atoms with E-state index in [1.165, 1.54) is 0 Å². The van der Waals surface area contributed by atoms with Crippen molar-refractivity contribution in [2.45, 2.75) is 13.5 Å². The van der Waals surface area contributed by atoms with Crippen LogP contribution in [0.1, 0.15) is 27.0 Å². The third-order valence-electron chi connectivity index (χ3n) is 4.09. The van der Waals surface area contributed by atoms with Gasteiger partial charge < -0.3 is 4.74 Å². The van der Waals surface area contributed by atoms with Crippen molar-refractivity contribution in [3.8, 4) is 5.75 Å². The number of amides is 1. The summed E-state index contributed by atoms with van der Waals surface area (Å²) in [6, 6.07) is 16.4. The second kappa shape index (κ2) is 9.06. The molecule has 0 spiro atoms. The van der Waals surface area contributed by atoms with Gasteiger partial charge in [0.15, 0.2) is 0 Å². The maximum absolute atomic E-state index is 12.3. The first-order chi connectivity index (χ1) is 13.5. The van der Waals surface area contributed by atoms with Crippen LogP contribution in [0.25, 0.3) is 5.70 Å². The number of pyridine rings is 1. The van der Waals surface area contributed by atoms with E-state index in [1.807, 2.05) is 43.3 Å². The number of nitrogens with zero attached hydrogens (tertiary/aromatic N) is 1. The lowest BCUT2D eigenvalue weighted by atomic mass is 10.1. The molecule has 5 nitrogen and oxygen atoms in total. The van der Waals surface area contributed by atoms with E-state index in [4.69, 9.17) is 16.3 Å². The minimum Gasteiger partial charge on any atom is -0.489 e. The maximum atomic E-state index is 12.3. The van der Waals surface area contributed by atoms with Crippen molar-refractivity contribution < 1.29 is 9.53 Å². The van der Waals surface area contributed by atoms with Gasteiger partial charge in [-0.1, -0.05) is 30.3 Å². The first-order valence-corrected chi connectivity index (χ1v) is 9.04. The maximum Gasteiger partial charge on any atom is 0.269 e. The van der Waals surface area contributed by atoms with Gasteiger partial charge in [0, 0.05) is 28.5 Å². The molecule has 3 aromatic rings. The van der Waals surface area contributed by atoms with Gasteiger partial charge in [-0.2, -0.15) is 0 Å². The van der Waals surface area contributed by atoms with Gasteiger partial charge >= 0.3 is 0 Å². The number of hydrogen-bond acceptors (Lipinski definition) is 4. The van der Waals surface area contributed by atoms with Crippen molar-refractivity contribution in [3.63, 3.8) is 0 Å². The topological polar surface area (TPSA) is 63.2 Å². The van der Waals surface area contributed by atoms with E-state index in [2.05, 4.69) is 22.4 Å². The molecule has 1 heterocycles. The summed E-state index contributed by atoms with van der Waals surface area (Å²) in [7, 11) is 0. The summed E-state index contributed by atoms with van der Waals surface area (Å²) in [5.74, 6) is 0.493. The fraction of sp³-hybridized carbons (Fsp3) is 0.0909. The lowest BCUT2D eigenvalue weighted by molar-refractivity contribution is 0.0942. The van der Waals surface area contributed by atoms with E-state index < -0.39 is 0 Å². The van der Waals surface area contributed by atoms with Crippen LogP contribution in [0.5, 0.6) is 5.75 Å². The van der Waals surface area contributed by atoms with Crippen molar-refractivity contribution in [2.75, 3.05) is 0 Å². The summed E-state index contributed by atoms with van der Waals surface area (Å²) in [6.07, 6.45) is 3.34. The van der Waals surface area contributed by atoms with Gasteiger partial charge in [0.2, 0.25) is 0 Å². The standard InChI is InChI=1S/C22H20ClN3O2/c1-15-12-20(9-10-21(15)23)28-14-17-5-7-18(8-6-17)22(27)26-25-16(2)19-4-3-11-24-13-19/h3-13,25H,2,14H2,1H3,(H,26,27). The summed E-state index contributed by atoms with van der Waals surface area (Å²) >= 11 is 6.02. The van der Waals surface area contributed by atoms with Gasteiger partial charge in [-0.15, -0.1) is 0 Å². The van der Waals surface area contributed by atoms with Gasteiger partial charge in [-0.3, -0.25) is 20.6 Å². The molecule has 0 radical (unpaired) electrons. The number of aromatic nitrogens is 1. The highest BCUT2D eigenvalue weighted by molar-refractivity contribution is 6.31. The van der Waals surface area contributed by atoms with Crippen molar-refractivity contribution in [2.24, 2.45) is 0 Å². The van der Waals surface area contributed by atoms with Gasteiger partial charge in [0.1, 0.15) is 12.4 Å². The Kier molecular flexibility index (Phi) is 6.29. The summed E-state index contributed by atoms with van der Waals surface area (Å²) in [6.45, 7) is 6.21. The molecule has 0 aliphatic heterocycles. The number of halogens is 1. The zero-order valence-corrected chi connectivity index (χ0v) is 16.2. The normalized spacial score (nSPS) is 10.2. The predicted octanol–water partition coefficient (Wildman–Crippen LogP) is 4.53. The lowest BCUT2D eigenvalue weighted by Crippen LogP contribution is -2.35. The Morgan fingerprint density at radius 2 is 1.89 bits per heavy atom. The minimum atomic E-state index is -0.258. The van der Waals surface area contributed by atoms with Crippen LogP contribution >= 0.6 is 11.6 Å². The van der Waals surface area contributed by atoms with Crippen molar-refractivity contribution >= 4 is 23.2 Å². The van der Waals surface area contributed by atoms with E-state index in [0.29, 0.717) is 22.9 Å². The van der Waals surface area contributed by atoms with Gasteiger partial charge in [-0.25, -0.2) is 0 Å². The van der Waals surface area contributed by atoms with Crippen molar-refractivity contribution in [1.29, 1.82) is 0 Å². The number of carbonyl (C=O) groups excluding carboxylic acids is 1. The zero-order chi connectivity index (χ0) is 19.9. The Bertz CT molecular complexity index is 973. The van der Waals surface area contributed by atoms with E-state index in [9.17, 15) is 4.79 Å². The number of benzene rings is 2. The average Bonchev–Trinajstić information content (AvgIpc) is 2.73. The first kappa shape index (κ1) is 19.5. The molecule has 142 valence electrons. The Labute approximate surface area is 169 Å². The fourth-order valence-electron chi connectivity index (χ4n) is 2.44. The molecule has 28 heavy (non-hydrogen) atoms. The van der Waals surface area contributed by atoms with Gasteiger partial charge in [-0.05, 0) is 60.5 Å². The molecule has 0 saturated carbocycles. The van der Waals surface area contributed by atoms with E-state index >= 15 is 0 Å². The van der Waals surface area contributed by atoms with Gasteiger partial charge in [0.05, 0.1) is 5.70 Å². The molecular formula is C22H20ClN3O2. The average molecular weight is 394 g/mol. The van der Waals surface area contributed by atoms with Crippen LogP contribution < -0.4 is 15.6 Å². The van der Waals surface area contributed by atoms with Crippen LogP contribution in [0, 0.1) is 6.92 Å². The number of nitrogens with one attached hydrogen (secondary N) is 2. The first-order valence-electron chi connectivity index (χ1n) is 8.66. The number of hydrazine groups is 1. The van der Waals surface area contributed by atoms with Crippen LogP contribution in [0.2, 0.25) is 5.02 Å². The Hall–Kier alpha value is -3.31. The molecule has 0 unspecified atom stereocenters. The third-order valence-corrected chi connectivity index (χ3v) is 4.51. The monoisotopic (exact) mass is 393 g/mol. The molecule has 0 saturated heterocycles. The van der Waals surface area contributed by atoms with Crippen LogP contribution in [-0.2, 0) is 6.61 Å². The number of aryl methyl sites for hydroxylation is 1. The number of hydrogen-bond donors (Lipinski definition) is 2.